The molecule has 4 heteroatoms. The topological polar surface area (TPSA) is 37.4 Å². The molecule has 1 aliphatic rings. The molecule has 0 bridgehead atoms. The molecule has 4 nitrogen and oxygen atoms in total. The van der Waals surface area contributed by atoms with Gasteiger partial charge in [-0.1, -0.05) is 0 Å². The maximum Gasteiger partial charge on any atom is 0.142 e. The molecular weight excluding hydrogens is 262 g/mol. The molecule has 1 aromatic heterocycles. The van der Waals surface area contributed by atoms with Crippen LogP contribution in [0.1, 0.15) is 45.6 Å². The van der Waals surface area contributed by atoms with E-state index in [0.717, 1.165) is 25.3 Å². The lowest BCUT2D eigenvalue weighted by Gasteiger charge is -2.22. The van der Waals surface area contributed by atoms with Crippen LogP contribution in [0, 0.1) is 0 Å². The van der Waals surface area contributed by atoms with Gasteiger partial charge < -0.3 is 15.0 Å². The van der Waals surface area contributed by atoms with Gasteiger partial charge in [0.2, 0.25) is 0 Å². The van der Waals surface area contributed by atoms with Crippen molar-refractivity contribution in [2.24, 2.45) is 0 Å². The molecule has 1 saturated heterocycles. The van der Waals surface area contributed by atoms with Crippen molar-refractivity contribution in [1.82, 2.24) is 15.2 Å². The van der Waals surface area contributed by atoms with Gasteiger partial charge in [-0.2, -0.15) is 0 Å². The summed E-state index contributed by atoms with van der Waals surface area (Å²) >= 11 is 0. The summed E-state index contributed by atoms with van der Waals surface area (Å²) in [6.07, 6.45) is 7.37. The molecule has 1 aliphatic heterocycles. The lowest BCUT2D eigenvalue weighted by Crippen LogP contribution is -2.35. The molecule has 2 rings (SSSR count). The van der Waals surface area contributed by atoms with Gasteiger partial charge in [-0.25, -0.2) is 0 Å². The second-order valence-electron chi connectivity index (χ2n) is 7.00. The minimum Gasteiger partial charge on any atom is -0.492 e. The van der Waals surface area contributed by atoms with Crippen LogP contribution in [0.15, 0.2) is 18.5 Å². The van der Waals surface area contributed by atoms with Gasteiger partial charge in [-0.15, -0.1) is 0 Å². The van der Waals surface area contributed by atoms with Crippen molar-refractivity contribution in [2.75, 3.05) is 20.2 Å². The van der Waals surface area contributed by atoms with Gasteiger partial charge in [0.25, 0.3) is 0 Å². The molecular formula is C17H29N3O. The first kappa shape index (κ1) is 16.2. The van der Waals surface area contributed by atoms with E-state index >= 15 is 0 Å². The summed E-state index contributed by atoms with van der Waals surface area (Å²) in [6.45, 7) is 9.31. The Balaban J connectivity index is 1.84. The highest BCUT2D eigenvalue weighted by Gasteiger charge is 2.20. The Morgan fingerprint density at radius 3 is 2.90 bits per heavy atom. The number of aromatic nitrogens is 1. The number of rotatable bonds is 6. The summed E-state index contributed by atoms with van der Waals surface area (Å²) in [5.41, 5.74) is 1.28. The summed E-state index contributed by atoms with van der Waals surface area (Å²) < 4.78 is 5.98. The van der Waals surface area contributed by atoms with Crippen LogP contribution in [0.3, 0.4) is 0 Å². The monoisotopic (exact) mass is 291 g/mol. The fraction of sp³-hybridized carbons (Fsp3) is 0.706. The van der Waals surface area contributed by atoms with E-state index in [9.17, 15) is 0 Å². The normalized spacial score (nSPS) is 19.9. The molecule has 2 heterocycles. The van der Waals surface area contributed by atoms with E-state index in [2.05, 4.69) is 43.0 Å². The standard InChI is InChI=1S/C17H29N3O/c1-17(2,3)19-12-14-7-9-18-13-16(14)21-11-8-15-6-5-10-20(15)4/h7,9,13,15,19H,5-6,8,10-12H2,1-4H3. The SMILES string of the molecule is CN1CCCC1CCOc1cnccc1CNC(C)(C)C. The zero-order chi connectivity index (χ0) is 15.3. The number of nitrogens with one attached hydrogen (secondary N) is 1. The number of likely N-dealkylation sites (tertiary alicyclic amines) is 1. The number of ether oxygens (including phenoxy) is 1. The van der Waals surface area contributed by atoms with Crippen LogP contribution in [0.5, 0.6) is 5.75 Å². The van der Waals surface area contributed by atoms with E-state index in [1.54, 1.807) is 0 Å². The van der Waals surface area contributed by atoms with Crippen LogP contribution in [-0.4, -0.2) is 41.7 Å². The minimum absolute atomic E-state index is 0.104. The number of hydrogen-bond acceptors (Lipinski definition) is 4. The predicted octanol–water partition coefficient (Wildman–Crippen LogP) is 2.83. The number of hydrogen-bond donors (Lipinski definition) is 1. The predicted molar refractivity (Wildman–Crippen MR) is 86.6 cm³/mol. The fourth-order valence-electron chi connectivity index (χ4n) is 2.69. The summed E-state index contributed by atoms with van der Waals surface area (Å²) in [6, 6.07) is 2.72. The lowest BCUT2D eigenvalue weighted by atomic mass is 10.1. The summed E-state index contributed by atoms with van der Waals surface area (Å²) in [7, 11) is 2.21. The van der Waals surface area contributed by atoms with Gasteiger partial charge in [-0.05, 0) is 59.7 Å². The molecule has 0 aromatic carbocycles. The third kappa shape index (κ3) is 5.29. The van der Waals surface area contributed by atoms with E-state index in [1.807, 2.05) is 18.5 Å². The summed E-state index contributed by atoms with van der Waals surface area (Å²) in [5.74, 6) is 0.912. The van der Waals surface area contributed by atoms with Crippen LogP contribution in [0.2, 0.25) is 0 Å². The smallest absolute Gasteiger partial charge is 0.142 e. The van der Waals surface area contributed by atoms with E-state index in [1.165, 1.54) is 24.9 Å². The maximum absolute atomic E-state index is 5.98. The molecule has 0 aliphatic carbocycles. The zero-order valence-electron chi connectivity index (χ0n) is 13.9. The Morgan fingerprint density at radius 1 is 1.43 bits per heavy atom. The molecule has 1 fully saturated rings. The molecule has 0 spiro atoms. The van der Waals surface area contributed by atoms with Gasteiger partial charge in [-0.3, -0.25) is 4.98 Å². The van der Waals surface area contributed by atoms with Crippen LogP contribution >= 0.6 is 0 Å². The highest BCUT2D eigenvalue weighted by molar-refractivity contribution is 5.29. The number of pyridine rings is 1. The summed E-state index contributed by atoms with van der Waals surface area (Å²) in [4.78, 5) is 6.63. The zero-order valence-corrected chi connectivity index (χ0v) is 13.9. The van der Waals surface area contributed by atoms with Crippen molar-refractivity contribution >= 4 is 0 Å². The lowest BCUT2D eigenvalue weighted by molar-refractivity contribution is 0.231. The van der Waals surface area contributed by atoms with E-state index in [-0.39, 0.29) is 5.54 Å². The fourth-order valence-corrected chi connectivity index (χ4v) is 2.69. The van der Waals surface area contributed by atoms with Crippen molar-refractivity contribution in [1.29, 1.82) is 0 Å². The Hall–Kier alpha value is -1.13. The molecule has 0 radical (unpaired) electrons. The van der Waals surface area contributed by atoms with Crippen LogP contribution in [-0.2, 0) is 6.54 Å². The van der Waals surface area contributed by atoms with Crippen LogP contribution in [0.4, 0.5) is 0 Å². The first-order valence-electron chi connectivity index (χ1n) is 7.97. The maximum atomic E-state index is 5.98. The Kier molecular flexibility index (Phi) is 5.59. The Labute approximate surface area is 128 Å². The van der Waals surface area contributed by atoms with Crippen molar-refractivity contribution < 1.29 is 4.74 Å². The van der Waals surface area contributed by atoms with Crippen LogP contribution in [0.25, 0.3) is 0 Å². The molecule has 0 saturated carbocycles. The third-order valence-corrected chi connectivity index (χ3v) is 4.06. The summed E-state index contributed by atoms with van der Waals surface area (Å²) in [5, 5.41) is 3.50. The van der Waals surface area contributed by atoms with Gasteiger partial charge in [0.15, 0.2) is 0 Å². The molecule has 1 unspecified atom stereocenters. The second-order valence-corrected chi connectivity index (χ2v) is 7.00. The molecule has 1 aromatic rings. The Morgan fingerprint density at radius 2 is 2.24 bits per heavy atom. The highest BCUT2D eigenvalue weighted by Crippen LogP contribution is 2.20. The minimum atomic E-state index is 0.104. The Bertz CT molecular complexity index is 442. The largest absolute Gasteiger partial charge is 0.492 e. The molecule has 1 N–H and O–H groups in total. The third-order valence-electron chi connectivity index (χ3n) is 4.06. The quantitative estimate of drug-likeness (QED) is 0.874. The van der Waals surface area contributed by atoms with Crippen molar-refractivity contribution in [3.05, 3.63) is 24.0 Å². The molecule has 1 atom stereocenters. The molecule has 21 heavy (non-hydrogen) atoms. The van der Waals surface area contributed by atoms with Gasteiger partial charge >= 0.3 is 0 Å². The molecule has 118 valence electrons. The van der Waals surface area contributed by atoms with Crippen molar-refractivity contribution in [2.45, 2.75) is 58.2 Å². The number of nitrogens with zero attached hydrogens (tertiary/aromatic N) is 2. The van der Waals surface area contributed by atoms with E-state index < -0.39 is 0 Å². The van der Waals surface area contributed by atoms with Crippen LogP contribution < -0.4 is 10.1 Å². The van der Waals surface area contributed by atoms with Gasteiger partial charge in [0.05, 0.1) is 12.8 Å². The average Bonchev–Trinajstić information content (AvgIpc) is 2.82. The van der Waals surface area contributed by atoms with Crippen molar-refractivity contribution in [3.63, 3.8) is 0 Å². The second kappa shape index (κ2) is 7.23. The first-order chi connectivity index (χ1) is 9.96. The van der Waals surface area contributed by atoms with Gasteiger partial charge in [0.1, 0.15) is 5.75 Å². The molecule has 0 amide bonds. The van der Waals surface area contributed by atoms with E-state index in [4.69, 9.17) is 4.74 Å². The first-order valence-corrected chi connectivity index (χ1v) is 7.97. The van der Waals surface area contributed by atoms with E-state index in [0.29, 0.717) is 6.04 Å². The van der Waals surface area contributed by atoms with Gasteiger partial charge in [0, 0.05) is 29.9 Å². The highest BCUT2D eigenvalue weighted by atomic mass is 16.5. The average molecular weight is 291 g/mol. The van der Waals surface area contributed by atoms with Crippen molar-refractivity contribution in [3.8, 4) is 5.75 Å².